The molecule has 0 unspecified atom stereocenters. The van der Waals surface area contributed by atoms with E-state index in [0.29, 0.717) is 6.54 Å². The predicted molar refractivity (Wildman–Crippen MR) is 78.5 cm³/mol. The Labute approximate surface area is 127 Å². The number of nitrogens with zero attached hydrogens (tertiary/aromatic N) is 3. The van der Waals surface area contributed by atoms with Gasteiger partial charge >= 0.3 is 0 Å². The highest BCUT2D eigenvalue weighted by atomic mass is 35.5. The van der Waals surface area contributed by atoms with Crippen LogP contribution >= 0.6 is 11.6 Å². The summed E-state index contributed by atoms with van der Waals surface area (Å²) in [5.41, 5.74) is -0.218. The number of nitro groups is 1. The summed E-state index contributed by atoms with van der Waals surface area (Å²) >= 11 is 5.82. The van der Waals surface area contributed by atoms with Crippen LogP contribution in [0.15, 0.2) is 12.3 Å². The second-order valence-electron chi connectivity index (χ2n) is 4.95. The molecule has 2 rings (SSSR count). The van der Waals surface area contributed by atoms with E-state index >= 15 is 0 Å². The fraction of sp³-hybridized carbons (Fsp3) is 0.538. The average molecular weight is 313 g/mol. The molecule has 0 aliphatic carbocycles. The lowest BCUT2D eigenvalue weighted by molar-refractivity contribution is -0.385. The van der Waals surface area contributed by atoms with Gasteiger partial charge in [-0.05, 0) is 25.9 Å². The van der Waals surface area contributed by atoms with Crippen LogP contribution in [0.4, 0.5) is 5.69 Å². The Morgan fingerprint density at radius 3 is 2.81 bits per heavy atom. The van der Waals surface area contributed by atoms with Crippen molar-refractivity contribution in [3.63, 3.8) is 0 Å². The molecule has 0 radical (unpaired) electrons. The van der Waals surface area contributed by atoms with Gasteiger partial charge in [-0.15, -0.1) is 0 Å². The largest absolute Gasteiger partial charge is 0.351 e. The number of rotatable bonds is 5. The fourth-order valence-electron chi connectivity index (χ4n) is 2.30. The summed E-state index contributed by atoms with van der Waals surface area (Å²) in [6.45, 7) is 3.35. The molecule has 0 bridgehead atoms. The van der Waals surface area contributed by atoms with Crippen LogP contribution in [0.3, 0.4) is 0 Å². The molecule has 0 aromatic carbocycles. The molecule has 7 nitrogen and oxygen atoms in total. The number of likely N-dealkylation sites (tertiary alicyclic amines) is 1. The van der Waals surface area contributed by atoms with E-state index in [9.17, 15) is 14.9 Å². The van der Waals surface area contributed by atoms with Crippen molar-refractivity contribution in [3.8, 4) is 0 Å². The summed E-state index contributed by atoms with van der Waals surface area (Å²) in [6, 6.07) is 1.14. The van der Waals surface area contributed by atoms with Gasteiger partial charge in [-0.2, -0.15) is 0 Å². The fourth-order valence-corrected chi connectivity index (χ4v) is 2.49. The highest BCUT2D eigenvalue weighted by Gasteiger charge is 2.17. The number of carbonyl (C=O) groups excluding carboxylic acids is 1. The van der Waals surface area contributed by atoms with E-state index in [1.165, 1.54) is 19.3 Å². The summed E-state index contributed by atoms with van der Waals surface area (Å²) < 4.78 is 0. The van der Waals surface area contributed by atoms with Crippen molar-refractivity contribution in [2.24, 2.45) is 0 Å². The van der Waals surface area contributed by atoms with Crippen LogP contribution in [-0.4, -0.2) is 46.9 Å². The van der Waals surface area contributed by atoms with Gasteiger partial charge in [-0.3, -0.25) is 14.9 Å². The van der Waals surface area contributed by atoms with Gasteiger partial charge < -0.3 is 10.2 Å². The average Bonchev–Trinajstić information content (AvgIpc) is 2.48. The van der Waals surface area contributed by atoms with Gasteiger partial charge in [0.1, 0.15) is 11.3 Å². The molecule has 1 aliphatic heterocycles. The highest BCUT2D eigenvalue weighted by Crippen LogP contribution is 2.18. The number of amides is 1. The predicted octanol–water partition coefficient (Wildman–Crippen LogP) is 1.86. The van der Waals surface area contributed by atoms with Gasteiger partial charge in [-0.1, -0.05) is 18.0 Å². The van der Waals surface area contributed by atoms with Crippen molar-refractivity contribution < 1.29 is 9.72 Å². The molecule has 2 heterocycles. The van der Waals surface area contributed by atoms with Crippen LogP contribution in [0.5, 0.6) is 0 Å². The molecule has 1 aliphatic rings. The molecule has 0 spiro atoms. The van der Waals surface area contributed by atoms with Crippen LogP contribution in [0.1, 0.15) is 29.6 Å². The quantitative estimate of drug-likeness (QED) is 0.509. The number of aromatic nitrogens is 1. The molecule has 1 fully saturated rings. The van der Waals surface area contributed by atoms with Crippen molar-refractivity contribution >= 4 is 23.2 Å². The van der Waals surface area contributed by atoms with Crippen molar-refractivity contribution in [2.75, 3.05) is 26.2 Å². The minimum atomic E-state index is -0.603. The number of pyridine rings is 1. The smallest absolute Gasteiger partial charge is 0.288 e. The lowest BCUT2D eigenvalue weighted by atomic mass is 10.1. The van der Waals surface area contributed by atoms with Crippen LogP contribution < -0.4 is 5.32 Å². The van der Waals surface area contributed by atoms with Crippen molar-refractivity contribution in [1.29, 1.82) is 0 Å². The standard InChI is InChI=1S/C13H17ClN4O3/c14-12-11(8-10(9-16-12)18(20)21)13(19)15-4-7-17-5-2-1-3-6-17/h8-9H,1-7H2,(H,15,19). The Hall–Kier alpha value is -1.73. The number of piperidine rings is 1. The van der Waals surface area contributed by atoms with E-state index < -0.39 is 10.8 Å². The molecule has 1 aromatic rings. The van der Waals surface area contributed by atoms with Crippen LogP contribution in [0, 0.1) is 10.1 Å². The number of halogens is 1. The van der Waals surface area contributed by atoms with Crippen LogP contribution in [0.25, 0.3) is 0 Å². The molecule has 0 saturated carbocycles. The maximum atomic E-state index is 12.0. The van der Waals surface area contributed by atoms with E-state index in [1.807, 2.05) is 0 Å². The SMILES string of the molecule is O=C(NCCN1CCCCC1)c1cc([N+](=O)[O-])cnc1Cl. The van der Waals surface area contributed by atoms with E-state index in [1.54, 1.807) is 0 Å². The molecule has 8 heteroatoms. The highest BCUT2D eigenvalue weighted by molar-refractivity contribution is 6.32. The molecule has 114 valence electrons. The zero-order chi connectivity index (χ0) is 15.2. The van der Waals surface area contributed by atoms with E-state index in [-0.39, 0.29) is 16.4 Å². The number of carbonyl (C=O) groups is 1. The Bertz CT molecular complexity index is 532. The normalized spacial score (nSPS) is 15.7. The minimum Gasteiger partial charge on any atom is -0.351 e. The summed E-state index contributed by atoms with van der Waals surface area (Å²) in [5.74, 6) is -0.437. The van der Waals surface area contributed by atoms with Gasteiger partial charge in [-0.25, -0.2) is 4.98 Å². The monoisotopic (exact) mass is 312 g/mol. The maximum absolute atomic E-state index is 12.0. The Kier molecular flexibility index (Phi) is 5.46. The van der Waals surface area contributed by atoms with Crippen LogP contribution in [0.2, 0.25) is 5.15 Å². The molecule has 1 aromatic heterocycles. The molecular weight excluding hydrogens is 296 g/mol. The Balaban J connectivity index is 1.90. The number of hydrogen-bond acceptors (Lipinski definition) is 5. The van der Waals surface area contributed by atoms with E-state index in [2.05, 4.69) is 15.2 Å². The summed E-state index contributed by atoms with van der Waals surface area (Å²) in [6.07, 6.45) is 4.67. The lowest BCUT2D eigenvalue weighted by Gasteiger charge is -2.26. The Morgan fingerprint density at radius 2 is 2.14 bits per heavy atom. The molecule has 1 saturated heterocycles. The molecule has 0 atom stereocenters. The summed E-state index contributed by atoms with van der Waals surface area (Å²) in [5, 5.41) is 13.4. The third kappa shape index (κ3) is 4.37. The summed E-state index contributed by atoms with van der Waals surface area (Å²) in [4.78, 5) is 28.1. The zero-order valence-electron chi connectivity index (χ0n) is 11.5. The van der Waals surface area contributed by atoms with Gasteiger partial charge in [0.15, 0.2) is 0 Å². The summed E-state index contributed by atoms with van der Waals surface area (Å²) in [7, 11) is 0. The van der Waals surface area contributed by atoms with Crippen molar-refractivity contribution in [1.82, 2.24) is 15.2 Å². The first-order valence-electron chi connectivity index (χ1n) is 6.88. The third-order valence-electron chi connectivity index (χ3n) is 3.44. The van der Waals surface area contributed by atoms with Crippen molar-refractivity contribution in [3.05, 3.63) is 33.1 Å². The maximum Gasteiger partial charge on any atom is 0.288 e. The second kappa shape index (κ2) is 7.33. The van der Waals surface area contributed by atoms with Gasteiger partial charge in [0.2, 0.25) is 0 Å². The van der Waals surface area contributed by atoms with Crippen LogP contribution in [-0.2, 0) is 0 Å². The first kappa shape index (κ1) is 15.7. The van der Waals surface area contributed by atoms with Crippen molar-refractivity contribution in [2.45, 2.75) is 19.3 Å². The lowest BCUT2D eigenvalue weighted by Crippen LogP contribution is -2.37. The molecule has 1 N–H and O–H groups in total. The number of nitrogens with one attached hydrogen (secondary N) is 1. The zero-order valence-corrected chi connectivity index (χ0v) is 12.3. The number of hydrogen-bond donors (Lipinski definition) is 1. The minimum absolute atomic E-state index is 0.0314. The molecular formula is C13H17ClN4O3. The van der Waals surface area contributed by atoms with E-state index in [0.717, 1.165) is 31.9 Å². The Morgan fingerprint density at radius 1 is 1.43 bits per heavy atom. The third-order valence-corrected chi connectivity index (χ3v) is 3.74. The molecule has 1 amide bonds. The van der Waals surface area contributed by atoms with E-state index in [4.69, 9.17) is 11.6 Å². The first-order chi connectivity index (χ1) is 10.1. The van der Waals surface area contributed by atoms with Gasteiger partial charge in [0, 0.05) is 19.2 Å². The topological polar surface area (TPSA) is 88.4 Å². The van der Waals surface area contributed by atoms with Gasteiger partial charge in [0.25, 0.3) is 11.6 Å². The van der Waals surface area contributed by atoms with Gasteiger partial charge in [0.05, 0.1) is 10.5 Å². The first-order valence-corrected chi connectivity index (χ1v) is 7.26. The molecule has 21 heavy (non-hydrogen) atoms. The second-order valence-corrected chi connectivity index (χ2v) is 5.31.